The lowest BCUT2D eigenvalue weighted by molar-refractivity contribution is -0.112. The molecule has 5 nitrogen and oxygen atoms in total. The third-order valence-electron chi connectivity index (χ3n) is 6.16. The first kappa shape index (κ1) is 22.0. The van der Waals surface area contributed by atoms with Gasteiger partial charge in [-0.15, -0.1) is 11.3 Å². The number of aliphatic imine (C=N–C) groups is 1. The summed E-state index contributed by atoms with van der Waals surface area (Å²) in [5.74, 6) is -0.238. The summed E-state index contributed by atoms with van der Waals surface area (Å²) in [6.07, 6.45) is 4.02. The molecule has 2 heterocycles. The van der Waals surface area contributed by atoms with E-state index in [1.54, 1.807) is 16.2 Å². The Morgan fingerprint density at radius 3 is 2.73 bits per heavy atom. The molecule has 168 valence electrons. The van der Waals surface area contributed by atoms with Gasteiger partial charge in [0.05, 0.1) is 11.3 Å². The van der Waals surface area contributed by atoms with E-state index in [1.165, 1.54) is 4.88 Å². The van der Waals surface area contributed by atoms with E-state index in [2.05, 4.69) is 21.2 Å². The predicted molar refractivity (Wildman–Crippen MR) is 137 cm³/mol. The van der Waals surface area contributed by atoms with E-state index in [-0.39, 0.29) is 11.8 Å². The number of nitrogens with zero attached hydrogens (tertiary/aromatic N) is 2. The minimum absolute atomic E-state index is 0.118. The molecule has 1 aliphatic carbocycles. The number of thiophene rings is 1. The largest absolute Gasteiger partial charge is 0.348 e. The molecule has 5 rings (SSSR count). The van der Waals surface area contributed by atoms with Crippen molar-refractivity contribution in [3.05, 3.63) is 80.1 Å². The molecular weight excluding hydrogens is 498 g/mol. The zero-order valence-electron chi connectivity index (χ0n) is 18.4. The van der Waals surface area contributed by atoms with Crippen molar-refractivity contribution in [2.75, 3.05) is 11.4 Å². The molecule has 0 unspecified atom stereocenters. The van der Waals surface area contributed by atoms with Crippen LogP contribution < -0.4 is 10.2 Å². The van der Waals surface area contributed by atoms with Crippen LogP contribution in [0.25, 0.3) is 0 Å². The Bertz CT molecular complexity index is 1270. The van der Waals surface area contributed by atoms with Gasteiger partial charge in [-0.2, -0.15) is 0 Å². The zero-order chi connectivity index (χ0) is 22.9. The number of hydrogen-bond acceptors (Lipinski definition) is 4. The van der Waals surface area contributed by atoms with Crippen LogP contribution in [-0.2, 0) is 24.2 Å². The maximum absolute atomic E-state index is 13.4. The Kier molecular flexibility index (Phi) is 6.17. The molecule has 2 aliphatic rings. The molecular formula is C26H24BrN3O2S. The number of likely N-dealkylation sites (N-methyl/N-ethyl adjacent to an activating group) is 1. The summed E-state index contributed by atoms with van der Waals surface area (Å²) in [6, 6.07) is 15.7. The van der Waals surface area contributed by atoms with Gasteiger partial charge in [-0.3, -0.25) is 9.59 Å². The number of anilines is 1. The van der Waals surface area contributed by atoms with Crippen molar-refractivity contribution in [1.29, 1.82) is 0 Å². The predicted octanol–water partition coefficient (Wildman–Crippen LogP) is 5.81. The standard InChI is InChI=1S/C26H24BrN3O2S/c1-2-30-20-13-12-17(27)14-19(20)23(26(30)32)29-25-22(18-10-6-7-11-21(18)33-25)24(31)28-15-16-8-4-3-5-9-16/h3-5,8-9,12-14H,2,6-7,10-11,15H2,1H3,(H,28,31). The van der Waals surface area contributed by atoms with Gasteiger partial charge >= 0.3 is 0 Å². The molecule has 0 fully saturated rings. The molecule has 1 aromatic heterocycles. The molecule has 3 aromatic rings. The zero-order valence-corrected chi connectivity index (χ0v) is 20.8. The number of carbonyl (C=O) groups excluding carboxylic acids is 2. The molecule has 1 aliphatic heterocycles. The van der Waals surface area contributed by atoms with Crippen LogP contribution in [0.15, 0.2) is 58.0 Å². The monoisotopic (exact) mass is 521 g/mol. The fourth-order valence-electron chi connectivity index (χ4n) is 4.54. The summed E-state index contributed by atoms with van der Waals surface area (Å²) in [5, 5.41) is 3.71. The molecule has 0 radical (unpaired) electrons. The van der Waals surface area contributed by atoms with Crippen LogP contribution in [0.1, 0.15) is 51.7 Å². The average Bonchev–Trinajstić information content (AvgIpc) is 3.32. The highest BCUT2D eigenvalue weighted by molar-refractivity contribution is 9.10. The molecule has 0 atom stereocenters. The van der Waals surface area contributed by atoms with Crippen molar-refractivity contribution in [3.8, 4) is 0 Å². The SMILES string of the molecule is CCN1C(=O)C(=Nc2sc3c(c2C(=O)NCc2ccccc2)CCCC3)c2cc(Br)ccc21. The number of rotatable bonds is 5. The van der Waals surface area contributed by atoms with Crippen LogP contribution in [-0.4, -0.2) is 24.1 Å². The Hall–Kier alpha value is -2.77. The fourth-order valence-corrected chi connectivity index (χ4v) is 6.16. The van der Waals surface area contributed by atoms with Crippen LogP contribution in [0.2, 0.25) is 0 Å². The molecule has 0 saturated carbocycles. The van der Waals surface area contributed by atoms with Crippen LogP contribution in [0.3, 0.4) is 0 Å². The number of nitrogens with one attached hydrogen (secondary N) is 1. The second-order valence-electron chi connectivity index (χ2n) is 8.23. The minimum atomic E-state index is -0.120. The van der Waals surface area contributed by atoms with Gasteiger partial charge in [0.15, 0.2) is 0 Å². The molecule has 2 aromatic carbocycles. The number of halogens is 1. The summed E-state index contributed by atoms with van der Waals surface area (Å²) in [6.45, 7) is 2.98. The van der Waals surface area contributed by atoms with Crippen LogP contribution in [0.5, 0.6) is 0 Å². The fraction of sp³-hybridized carbons (Fsp3) is 0.269. The highest BCUT2D eigenvalue weighted by Gasteiger charge is 2.34. The van der Waals surface area contributed by atoms with Crippen molar-refractivity contribution in [3.63, 3.8) is 0 Å². The van der Waals surface area contributed by atoms with E-state index < -0.39 is 0 Å². The van der Waals surface area contributed by atoms with Crippen molar-refractivity contribution in [2.24, 2.45) is 4.99 Å². The van der Waals surface area contributed by atoms with Gasteiger partial charge in [0.25, 0.3) is 11.8 Å². The van der Waals surface area contributed by atoms with E-state index in [9.17, 15) is 9.59 Å². The van der Waals surface area contributed by atoms with Gasteiger partial charge in [0.1, 0.15) is 10.7 Å². The minimum Gasteiger partial charge on any atom is -0.348 e. The first-order valence-corrected chi connectivity index (χ1v) is 12.8. The van der Waals surface area contributed by atoms with Gasteiger partial charge in [0, 0.05) is 28.0 Å². The Labute approximate surface area is 205 Å². The van der Waals surface area contributed by atoms with Crippen molar-refractivity contribution in [1.82, 2.24) is 5.32 Å². The molecule has 33 heavy (non-hydrogen) atoms. The number of carbonyl (C=O) groups is 2. The quantitative estimate of drug-likeness (QED) is 0.460. The summed E-state index contributed by atoms with van der Waals surface area (Å²) in [7, 11) is 0. The second-order valence-corrected chi connectivity index (χ2v) is 10.2. The lowest BCUT2D eigenvalue weighted by Gasteiger charge is -2.13. The molecule has 1 N–H and O–H groups in total. The van der Waals surface area contributed by atoms with E-state index in [0.29, 0.717) is 29.4 Å². The van der Waals surface area contributed by atoms with Crippen LogP contribution in [0, 0.1) is 0 Å². The van der Waals surface area contributed by atoms with E-state index >= 15 is 0 Å². The first-order chi connectivity index (χ1) is 16.1. The Balaban J connectivity index is 1.56. The van der Waals surface area contributed by atoms with Crippen molar-refractivity contribution < 1.29 is 9.59 Å². The maximum atomic E-state index is 13.4. The maximum Gasteiger partial charge on any atom is 0.277 e. The van der Waals surface area contributed by atoms with E-state index in [0.717, 1.165) is 52.5 Å². The number of aryl methyl sites for hydroxylation is 1. The topological polar surface area (TPSA) is 61.8 Å². The van der Waals surface area contributed by atoms with Gasteiger partial charge in [0.2, 0.25) is 0 Å². The van der Waals surface area contributed by atoms with Crippen LogP contribution >= 0.6 is 27.3 Å². The molecule has 0 saturated heterocycles. The average molecular weight is 522 g/mol. The van der Waals surface area contributed by atoms with Crippen molar-refractivity contribution in [2.45, 2.75) is 39.2 Å². The van der Waals surface area contributed by atoms with Crippen LogP contribution in [0.4, 0.5) is 10.7 Å². The summed E-state index contributed by atoms with van der Waals surface area (Å²) in [5.41, 5.74) is 4.86. The highest BCUT2D eigenvalue weighted by Crippen LogP contribution is 2.41. The Morgan fingerprint density at radius 1 is 1.15 bits per heavy atom. The first-order valence-electron chi connectivity index (χ1n) is 11.2. The van der Waals surface area contributed by atoms with Crippen molar-refractivity contribution >= 4 is 55.5 Å². The number of benzene rings is 2. The number of fused-ring (bicyclic) bond motifs is 2. The summed E-state index contributed by atoms with van der Waals surface area (Å²) < 4.78 is 0.894. The summed E-state index contributed by atoms with van der Waals surface area (Å²) in [4.78, 5) is 34.4. The third kappa shape index (κ3) is 4.15. The smallest absolute Gasteiger partial charge is 0.277 e. The molecule has 7 heteroatoms. The second kappa shape index (κ2) is 9.23. The van der Waals surface area contributed by atoms with Gasteiger partial charge in [-0.05, 0) is 61.9 Å². The lowest BCUT2D eigenvalue weighted by Crippen LogP contribution is -2.29. The van der Waals surface area contributed by atoms with Gasteiger partial charge < -0.3 is 10.2 Å². The third-order valence-corrected chi connectivity index (χ3v) is 7.84. The lowest BCUT2D eigenvalue weighted by atomic mass is 9.95. The van der Waals surface area contributed by atoms with E-state index in [1.807, 2.05) is 55.5 Å². The number of amides is 2. The highest BCUT2D eigenvalue weighted by atomic mass is 79.9. The normalized spacial score (nSPS) is 16.1. The van der Waals surface area contributed by atoms with Gasteiger partial charge in [-0.1, -0.05) is 46.3 Å². The summed E-state index contributed by atoms with van der Waals surface area (Å²) >= 11 is 5.08. The van der Waals surface area contributed by atoms with Gasteiger partial charge in [-0.25, -0.2) is 4.99 Å². The number of hydrogen-bond donors (Lipinski definition) is 1. The van der Waals surface area contributed by atoms with E-state index in [4.69, 9.17) is 4.99 Å². The molecule has 0 bridgehead atoms. The molecule has 2 amide bonds. The molecule has 0 spiro atoms. The Morgan fingerprint density at radius 2 is 1.94 bits per heavy atom.